The molecule has 9 nitrogen and oxygen atoms in total. The largest absolute Gasteiger partial charge is 0.472 e. The van der Waals surface area contributed by atoms with E-state index in [9.17, 15) is 19.0 Å². The highest BCUT2D eigenvalue weighted by Gasteiger charge is 2.26. The molecule has 0 heterocycles. The number of unbranched alkanes of at least 4 members (excludes halogenated alkanes) is 20. The van der Waals surface area contributed by atoms with Crippen LogP contribution in [-0.4, -0.2) is 49.3 Å². The predicted molar refractivity (Wildman–Crippen MR) is 229 cm³/mol. The van der Waals surface area contributed by atoms with Crippen molar-refractivity contribution in [3.8, 4) is 0 Å². The molecule has 1 unspecified atom stereocenters. The lowest BCUT2D eigenvalue weighted by atomic mass is 10.1. The van der Waals surface area contributed by atoms with Gasteiger partial charge in [-0.3, -0.25) is 18.6 Å². The maximum Gasteiger partial charge on any atom is 0.472 e. The van der Waals surface area contributed by atoms with Gasteiger partial charge in [-0.2, -0.15) is 0 Å². The zero-order valence-electron chi connectivity index (χ0n) is 34.9. The van der Waals surface area contributed by atoms with Gasteiger partial charge in [0.1, 0.15) is 6.61 Å². The van der Waals surface area contributed by atoms with E-state index in [1.165, 1.54) is 83.5 Å². The Labute approximate surface area is 336 Å². The van der Waals surface area contributed by atoms with E-state index in [2.05, 4.69) is 44.2 Å². The Morgan fingerprint density at radius 1 is 0.564 bits per heavy atom. The maximum atomic E-state index is 12.6. The second-order valence-corrected chi connectivity index (χ2v) is 15.7. The summed E-state index contributed by atoms with van der Waals surface area (Å²) in [7, 11) is -4.38. The molecule has 0 radical (unpaired) electrons. The van der Waals surface area contributed by atoms with Crippen molar-refractivity contribution in [1.82, 2.24) is 0 Å². The fourth-order valence-electron chi connectivity index (χ4n) is 5.76. The average Bonchev–Trinajstić information content (AvgIpc) is 3.17. The van der Waals surface area contributed by atoms with E-state index in [0.29, 0.717) is 12.8 Å². The average molecular weight is 794 g/mol. The van der Waals surface area contributed by atoms with Crippen LogP contribution in [-0.2, 0) is 32.7 Å². The van der Waals surface area contributed by atoms with Gasteiger partial charge >= 0.3 is 19.8 Å². The molecule has 3 N–H and O–H groups in total. The summed E-state index contributed by atoms with van der Waals surface area (Å²) in [6.07, 6.45) is 48.2. The summed E-state index contributed by atoms with van der Waals surface area (Å²) in [6.45, 7) is 3.56. The number of nitrogens with two attached hydrogens (primary N) is 1. The summed E-state index contributed by atoms with van der Waals surface area (Å²) >= 11 is 0. The second-order valence-electron chi connectivity index (χ2n) is 14.3. The Balaban J connectivity index is 4.18. The first-order valence-electron chi connectivity index (χ1n) is 21.8. The summed E-state index contributed by atoms with van der Waals surface area (Å²) in [6, 6.07) is 0. The molecule has 0 aromatic rings. The normalized spacial score (nSPS) is 13.9. The molecule has 0 fully saturated rings. The summed E-state index contributed by atoms with van der Waals surface area (Å²) in [5.74, 6) is -0.860. The number of carbonyl (C=O) groups excluding carboxylic acids is 2. The molecule has 0 saturated carbocycles. The highest BCUT2D eigenvalue weighted by molar-refractivity contribution is 7.47. The van der Waals surface area contributed by atoms with Crippen LogP contribution in [0.15, 0.2) is 60.8 Å². The molecular formula is C45H80NO8P. The first-order chi connectivity index (χ1) is 26.8. The van der Waals surface area contributed by atoms with Gasteiger partial charge in [-0.05, 0) is 57.8 Å². The molecule has 0 aromatic heterocycles. The van der Waals surface area contributed by atoms with Gasteiger partial charge in [-0.15, -0.1) is 0 Å². The number of hydrogen-bond acceptors (Lipinski definition) is 8. The molecule has 0 amide bonds. The van der Waals surface area contributed by atoms with E-state index < -0.39 is 32.5 Å². The number of esters is 2. The van der Waals surface area contributed by atoms with Gasteiger partial charge in [0.05, 0.1) is 13.2 Å². The fraction of sp³-hybridized carbons (Fsp3) is 0.733. The summed E-state index contributed by atoms with van der Waals surface area (Å²) in [4.78, 5) is 34.9. The third kappa shape index (κ3) is 41.2. The molecule has 0 aromatic carbocycles. The van der Waals surface area contributed by atoms with Crippen molar-refractivity contribution in [2.75, 3.05) is 26.4 Å². The Bertz CT molecular complexity index is 1090. The summed E-state index contributed by atoms with van der Waals surface area (Å²) in [5.41, 5.74) is 5.35. The monoisotopic (exact) mass is 794 g/mol. The summed E-state index contributed by atoms with van der Waals surface area (Å²) in [5, 5.41) is 0. The summed E-state index contributed by atoms with van der Waals surface area (Å²) < 4.78 is 32.8. The van der Waals surface area contributed by atoms with Crippen LogP contribution in [0.4, 0.5) is 0 Å². The number of phosphoric ester groups is 1. The lowest BCUT2D eigenvalue weighted by Crippen LogP contribution is -2.29. The topological polar surface area (TPSA) is 134 Å². The SMILES string of the molecule is CC/C=C/C=C/C=C/C=C/CCCCCCCC(=O)OC[C@H](COP(=O)(O)OCCN)OC(=O)CCCCCCCCCCC/C=C/CCCCCCCC. The van der Waals surface area contributed by atoms with Crippen LogP contribution in [0.3, 0.4) is 0 Å². The molecule has 0 aliphatic rings. The first kappa shape index (κ1) is 52.7. The predicted octanol–water partition coefficient (Wildman–Crippen LogP) is 12.5. The van der Waals surface area contributed by atoms with Crippen LogP contribution < -0.4 is 5.73 Å². The van der Waals surface area contributed by atoms with Crippen LogP contribution in [0.2, 0.25) is 0 Å². The molecule has 10 heteroatoms. The first-order valence-corrected chi connectivity index (χ1v) is 23.3. The minimum Gasteiger partial charge on any atom is -0.462 e. The van der Waals surface area contributed by atoms with Crippen molar-refractivity contribution in [2.45, 2.75) is 187 Å². The lowest BCUT2D eigenvalue weighted by Gasteiger charge is -2.19. The number of phosphoric acid groups is 1. The smallest absolute Gasteiger partial charge is 0.462 e. The Hall–Kier alpha value is -2.29. The quantitative estimate of drug-likeness (QED) is 0.0204. The van der Waals surface area contributed by atoms with E-state index in [1.807, 2.05) is 30.4 Å². The lowest BCUT2D eigenvalue weighted by molar-refractivity contribution is -0.161. The molecule has 2 atom stereocenters. The highest BCUT2D eigenvalue weighted by atomic mass is 31.2. The fourth-order valence-corrected chi connectivity index (χ4v) is 6.52. The van der Waals surface area contributed by atoms with Crippen molar-refractivity contribution in [3.05, 3.63) is 60.8 Å². The van der Waals surface area contributed by atoms with Crippen LogP contribution in [0.5, 0.6) is 0 Å². The number of ether oxygens (including phenoxy) is 2. The number of allylic oxidation sites excluding steroid dienone is 10. The molecule has 0 aliphatic carbocycles. The molecule has 0 aliphatic heterocycles. The van der Waals surface area contributed by atoms with Crippen molar-refractivity contribution in [1.29, 1.82) is 0 Å². The minimum absolute atomic E-state index is 0.0471. The van der Waals surface area contributed by atoms with E-state index in [-0.39, 0.29) is 32.6 Å². The van der Waals surface area contributed by atoms with Crippen LogP contribution in [0, 0.1) is 0 Å². The zero-order valence-corrected chi connectivity index (χ0v) is 35.8. The maximum absolute atomic E-state index is 12.6. The molecule has 0 rings (SSSR count). The molecule has 318 valence electrons. The number of hydrogen-bond donors (Lipinski definition) is 2. The van der Waals surface area contributed by atoms with Crippen molar-refractivity contribution < 1.29 is 37.6 Å². The third-order valence-corrected chi connectivity index (χ3v) is 9.97. The van der Waals surface area contributed by atoms with Crippen LogP contribution >= 0.6 is 7.82 Å². The van der Waals surface area contributed by atoms with Gasteiger partial charge in [0.2, 0.25) is 0 Å². The second kappa shape index (κ2) is 41.3. The number of rotatable bonds is 40. The standard InChI is InChI=1S/C45H80NO8P/c1-3-5-7-9-11-13-15-17-19-20-21-22-24-26-28-30-32-34-36-38-45(48)54-43(42-53-55(49,50)52-40-39-46)41-51-44(47)37-35-33-31-29-27-25-23-18-16-14-12-10-8-6-4-2/h6,8,10,12,14,16-19,23,43H,3-5,7,9,11,13,15,20-22,24-42,46H2,1-2H3,(H,49,50)/b8-6+,12-10+,16-14+,19-17+,23-18+/t43-/m1/s1. The minimum atomic E-state index is -4.38. The van der Waals surface area contributed by atoms with E-state index in [4.69, 9.17) is 24.3 Å². The Morgan fingerprint density at radius 3 is 1.55 bits per heavy atom. The van der Waals surface area contributed by atoms with Gasteiger partial charge in [-0.1, -0.05) is 171 Å². The van der Waals surface area contributed by atoms with E-state index in [0.717, 1.165) is 57.8 Å². The third-order valence-electron chi connectivity index (χ3n) is 8.98. The van der Waals surface area contributed by atoms with Gasteiger partial charge in [0, 0.05) is 19.4 Å². The molecule has 0 bridgehead atoms. The molecule has 55 heavy (non-hydrogen) atoms. The van der Waals surface area contributed by atoms with Gasteiger partial charge in [0.15, 0.2) is 6.10 Å². The van der Waals surface area contributed by atoms with E-state index >= 15 is 0 Å². The van der Waals surface area contributed by atoms with Crippen molar-refractivity contribution >= 4 is 19.8 Å². The Kier molecular flexibility index (Phi) is 39.6. The van der Waals surface area contributed by atoms with Gasteiger partial charge in [-0.25, -0.2) is 4.57 Å². The highest BCUT2D eigenvalue weighted by Crippen LogP contribution is 2.43. The van der Waals surface area contributed by atoms with Gasteiger partial charge in [0.25, 0.3) is 0 Å². The zero-order chi connectivity index (χ0) is 40.3. The van der Waals surface area contributed by atoms with E-state index in [1.54, 1.807) is 0 Å². The molecular weight excluding hydrogens is 713 g/mol. The van der Waals surface area contributed by atoms with Crippen LogP contribution in [0.25, 0.3) is 0 Å². The Morgan fingerprint density at radius 2 is 1.02 bits per heavy atom. The van der Waals surface area contributed by atoms with Gasteiger partial charge < -0.3 is 20.1 Å². The molecule has 0 spiro atoms. The molecule has 0 saturated heterocycles. The number of carbonyl (C=O) groups is 2. The van der Waals surface area contributed by atoms with Crippen molar-refractivity contribution in [3.63, 3.8) is 0 Å². The van der Waals surface area contributed by atoms with Crippen LogP contribution in [0.1, 0.15) is 181 Å². The van der Waals surface area contributed by atoms with Crippen molar-refractivity contribution in [2.24, 2.45) is 5.73 Å².